The average molecular weight is 332 g/mol. The van der Waals surface area contributed by atoms with E-state index in [4.69, 9.17) is 9.47 Å². The van der Waals surface area contributed by atoms with Crippen molar-refractivity contribution in [3.05, 3.63) is 35.9 Å². The molecule has 0 unspecified atom stereocenters. The molecular weight excluding hydrogens is 300 g/mol. The summed E-state index contributed by atoms with van der Waals surface area (Å²) >= 11 is 0. The molecule has 2 rings (SSSR count). The van der Waals surface area contributed by atoms with Crippen molar-refractivity contribution in [2.45, 2.75) is 83.3 Å². The van der Waals surface area contributed by atoms with E-state index in [2.05, 4.69) is 6.92 Å². The highest BCUT2D eigenvalue weighted by Gasteiger charge is 2.63. The Morgan fingerprint density at radius 3 is 2.25 bits per heavy atom. The van der Waals surface area contributed by atoms with Gasteiger partial charge < -0.3 is 9.47 Å². The van der Waals surface area contributed by atoms with Crippen LogP contribution in [0.4, 0.5) is 0 Å². The first-order chi connectivity index (χ1) is 11.7. The van der Waals surface area contributed by atoms with Crippen molar-refractivity contribution in [2.24, 2.45) is 0 Å². The fourth-order valence-electron chi connectivity index (χ4n) is 3.36. The fourth-order valence-corrected chi connectivity index (χ4v) is 3.36. The predicted octanol–water partition coefficient (Wildman–Crippen LogP) is 5.59. The second kappa shape index (κ2) is 9.83. The summed E-state index contributed by atoms with van der Waals surface area (Å²) in [6.45, 7) is 4.50. The smallest absolute Gasteiger partial charge is 0.341 e. The van der Waals surface area contributed by atoms with Gasteiger partial charge in [-0.1, -0.05) is 82.2 Å². The summed E-state index contributed by atoms with van der Waals surface area (Å²) in [4.78, 5) is 12.4. The predicted molar refractivity (Wildman–Crippen MR) is 96.9 cm³/mol. The van der Waals surface area contributed by atoms with Gasteiger partial charge in [-0.3, -0.25) is 0 Å². The van der Waals surface area contributed by atoms with Crippen LogP contribution < -0.4 is 0 Å². The molecule has 1 saturated heterocycles. The Bertz CT molecular complexity index is 485. The fraction of sp³-hybridized carbons (Fsp3) is 0.667. The molecule has 1 aliphatic rings. The Hall–Kier alpha value is -1.35. The first kappa shape index (κ1) is 19.0. The molecule has 1 heterocycles. The first-order valence-electron chi connectivity index (χ1n) is 9.64. The molecule has 0 bridgehead atoms. The van der Waals surface area contributed by atoms with Crippen molar-refractivity contribution in [1.29, 1.82) is 0 Å². The van der Waals surface area contributed by atoms with Crippen molar-refractivity contribution >= 4 is 5.97 Å². The monoisotopic (exact) mass is 332 g/mol. The number of ether oxygens (including phenoxy) is 2. The summed E-state index contributed by atoms with van der Waals surface area (Å²) in [7, 11) is 0. The number of esters is 1. The third-order valence-corrected chi connectivity index (χ3v) is 4.82. The van der Waals surface area contributed by atoms with E-state index in [-0.39, 0.29) is 12.1 Å². The molecule has 1 aromatic carbocycles. The lowest BCUT2D eigenvalue weighted by molar-refractivity contribution is -0.149. The van der Waals surface area contributed by atoms with Gasteiger partial charge in [-0.2, -0.15) is 0 Å². The number of epoxide rings is 1. The molecule has 0 saturated carbocycles. The molecule has 1 fully saturated rings. The summed E-state index contributed by atoms with van der Waals surface area (Å²) in [5, 5.41) is 0. The molecule has 24 heavy (non-hydrogen) atoms. The van der Waals surface area contributed by atoms with Gasteiger partial charge in [-0.05, 0) is 25.3 Å². The van der Waals surface area contributed by atoms with Gasteiger partial charge in [-0.15, -0.1) is 0 Å². The first-order valence-corrected chi connectivity index (χ1v) is 9.64. The van der Waals surface area contributed by atoms with Gasteiger partial charge in [0.05, 0.1) is 6.61 Å². The third kappa shape index (κ3) is 5.07. The van der Waals surface area contributed by atoms with Gasteiger partial charge in [0.15, 0.2) is 5.60 Å². The van der Waals surface area contributed by atoms with E-state index in [9.17, 15) is 4.79 Å². The third-order valence-electron chi connectivity index (χ3n) is 4.82. The number of carbonyl (C=O) groups is 1. The number of rotatable bonds is 12. The molecule has 0 radical (unpaired) electrons. The number of unbranched alkanes of at least 4 members (excludes halogenated alkanes) is 7. The van der Waals surface area contributed by atoms with Gasteiger partial charge in [0.1, 0.15) is 6.10 Å². The molecule has 2 atom stereocenters. The van der Waals surface area contributed by atoms with Gasteiger partial charge in [0.25, 0.3) is 0 Å². The molecule has 3 heteroatoms. The maximum absolute atomic E-state index is 12.4. The van der Waals surface area contributed by atoms with E-state index >= 15 is 0 Å². The summed E-state index contributed by atoms with van der Waals surface area (Å²) in [6.07, 6.45) is 10.7. The highest BCUT2D eigenvalue weighted by atomic mass is 16.7. The summed E-state index contributed by atoms with van der Waals surface area (Å²) in [6, 6.07) is 10.0. The van der Waals surface area contributed by atoms with Crippen LogP contribution in [-0.4, -0.2) is 18.2 Å². The molecule has 1 aliphatic heterocycles. The molecule has 0 aromatic heterocycles. The lowest BCUT2D eigenvalue weighted by Gasteiger charge is -2.12. The SMILES string of the molecule is CCCCCCCCCC[C@@]1(C(=O)OCC)O[C@@H]1c1ccccc1. The van der Waals surface area contributed by atoms with Crippen LogP contribution in [-0.2, 0) is 14.3 Å². The molecule has 134 valence electrons. The van der Waals surface area contributed by atoms with E-state index in [1.165, 1.54) is 38.5 Å². The molecule has 0 aliphatic carbocycles. The van der Waals surface area contributed by atoms with Gasteiger partial charge in [0.2, 0.25) is 0 Å². The molecule has 0 spiro atoms. The maximum Gasteiger partial charge on any atom is 0.341 e. The second-order valence-corrected chi connectivity index (χ2v) is 6.74. The zero-order valence-electron chi connectivity index (χ0n) is 15.3. The Kier molecular flexibility index (Phi) is 7.77. The van der Waals surface area contributed by atoms with E-state index in [0.29, 0.717) is 6.61 Å². The topological polar surface area (TPSA) is 38.8 Å². The van der Waals surface area contributed by atoms with Crippen molar-refractivity contribution < 1.29 is 14.3 Å². The van der Waals surface area contributed by atoms with Crippen LogP contribution in [0.25, 0.3) is 0 Å². The standard InChI is InChI=1S/C21H32O3/c1-3-5-6-7-8-9-10-14-17-21(20(22)23-4-2)19(24-21)18-15-12-11-13-16-18/h11-13,15-16,19H,3-10,14,17H2,1-2H3/t19-,21-/m1/s1. The Morgan fingerprint density at radius 2 is 1.62 bits per heavy atom. The second-order valence-electron chi connectivity index (χ2n) is 6.74. The van der Waals surface area contributed by atoms with Crippen molar-refractivity contribution in [3.63, 3.8) is 0 Å². The normalized spacial score (nSPS) is 22.3. The Morgan fingerprint density at radius 1 is 1.00 bits per heavy atom. The lowest BCUT2D eigenvalue weighted by Crippen LogP contribution is -2.28. The maximum atomic E-state index is 12.4. The highest BCUT2D eigenvalue weighted by molar-refractivity contribution is 5.83. The molecule has 1 aromatic rings. The van der Waals surface area contributed by atoms with Gasteiger partial charge in [0, 0.05) is 0 Å². The van der Waals surface area contributed by atoms with E-state index < -0.39 is 5.60 Å². The summed E-state index contributed by atoms with van der Waals surface area (Å²) in [5.41, 5.74) is 0.338. The van der Waals surface area contributed by atoms with Crippen molar-refractivity contribution in [2.75, 3.05) is 6.61 Å². The van der Waals surface area contributed by atoms with Crippen LogP contribution in [0.2, 0.25) is 0 Å². The molecule has 0 amide bonds. The van der Waals surface area contributed by atoms with Crippen LogP contribution in [0.3, 0.4) is 0 Å². The molecule has 0 N–H and O–H groups in total. The summed E-state index contributed by atoms with van der Waals surface area (Å²) in [5.74, 6) is -0.193. The minimum Gasteiger partial charge on any atom is -0.464 e. The number of hydrogen-bond donors (Lipinski definition) is 0. The Balaban J connectivity index is 1.78. The number of hydrogen-bond acceptors (Lipinski definition) is 3. The Labute approximate surface area is 146 Å². The number of carbonyl (C=O) groups excluding carboxylic acids is 1. The zero-order chi connectivity index (χ0) is 17.3. The molecule has 3 nitrogen and oxygen atoms in total. The van der Waals surface area contributed by atoms with E-state index in [1.54, 1.807) is 0 Å². The number of benzene rings is 1. The highest BCUT2D eigenvalue weighted by Crippen LogP contribution is 2.53. The molecular formula is C21H32O3. The summed E-state index contributed by atoms with van der Waals surface area (Å²) < 4.78 is 11.2. The van der Waals surface area contributed by atoms with Crippen LogP contribution in [0.5, 0.6) is 0 Å². The van der Waals surface area contributed by atoms with Crippen LogP contribution in [0, 0.1) is 0 Å². The van der Waals surface area contributed by atoms with Crippen LogP contribution in [0.15, 0.2) is 30.3 Å². The zero-order valence-corrected chi connectivity index (χ0v) is 15.3. The van der Waals surface area contributed by atoms with Crippen molar-refractivity contribution in [3.8, 4) is 0 Å². The quantitative estimate of drug-likeness (QED) is 0.284. The lowest BCUT2D eigenvalue weighted by atomic mass is 9.93. The average Bonchev–Trinajstić information content (AvgIpc) is 3.34. The van der Waals surface area contributed by atoms with E-state index in [1.807, 2.05) is 37.3 Å². The van der Waals surface area contributed by atoms with Crippen LogP contribution in [0.1, 0.15) is 83.3 Å². The van der Waals surface area contributed by atoms with Crippen molar-refractivity contribution in [1.82, 2.24) is 0 Å². The van der Waals surface area contributed by atoms with Crippen LogP contribution >= 0.6 is 0 Å². The minimum absolute atomic E-state index is 0.137. The van der Waals surface area contributed by atoms with Gasteiger partial charge >= 0.3 is 5.97 Å². The largest absolute Gasteiger partial charge is 0.464 e. The van der Waals surface area contributed by atoms with E-state index in [0.717, 1.165) is 24.8 Å². The van der Waals surface area contributed by atoms with Gasteiger partial charge in [-0.25, -0.2) is 4.79 Å². The minimum atomic E-state index is -0.737.